The zero-order valence-electron chi connectivity index (χ0n) is 10.6. The van der Waals surface area contributed by atoms with E-state index in [4.69, 9.17) is 0 Å². The van der Waals surface area contributed by atoms with Gasteiger partial charge < -0.3 is 5.32 Å². The molecule has 0 unspecified atom stereocenters. The number of nitrogens with one attached hydrogen (secondary N) is 1. The van der Waals surface area contributed by atoms with E-state index in [2.05, 4.69) is 10.3 Å². The standard InChI is InChI=1S/C15H12F2N2O/c16-12-5-11(6-13(17)7-12)10-3-4-14(18-8-10)19-15(20)9-1-2-9/h3-9H,1-2H2,(H,18,19,20). The summed E-state index contributed by atoms with van der Waals surface area (Å²) >= 11 is 0. The average Bonchev–Trinajstić information content (AvgIpc) is 3.22. The molecule has 3 nitrogen and oxygen atoms in total. The second-order valence-electron chi connectivity index (χ2n) is 4.85. The SMILES string of the molecule is O=C(Nc1ccc(-c2cc(F)cc(F)c2)cn1)C1CC1. The number of aromatic nitrogens is 1. The van der Waals surface area contributed by atoms with Crippen molar-refractivity contribution in [2.75, 3.05) is 5.32 Å². The lowest BCUT2D eigenvalue weighted by molar-refractivity contribution is -0.117. The Hall–Kier alpha value is -2.30. The maximum Gasteiger partial charge on any atom is 0.228 e. The fraction of sp³-hybridized carbons (Fsp3) is 0.200. The number of carbonyl (C=O) groups excluding carboxylic acids is 1. The molecule has 0 radical (unpaired) electrons. The summed E-state index contributed by atoms with van der Waals surface area (Å²) in [5, 5.41) is 2.71. The Labute approximate surface area is 114 Å². The van der Waals surface area contributed by atoms with Crippen LogP contribution in [0.2, 0.25) is 0 Å². The van der Waals surface area contributed by atoms with Gasteiger partial charge in [-0.3, -0.25) is 4.79 Å². The second kappa shape index (κ2) is 5.00. The minimum atomic E-state index is -0.633. The summed E-state index contributed by atoms with van der Waals surface area (Å²) in [4.78, 5) is 15.7. The van der Waals surface area contributed by atoms with Gasteiger partial charge in [-0.2, -0.15) is 0 Å². The predicted molar refractivity (Wildman–Crippen MR) is 70.9 cm³/mol. The number of carbonyl (C=O) groups is 1. The van der Waals surface area contributed by atoms with Crippen molar-refractivity contribution in [3.05, 3.63) is 48.2 Å². The van der Waals surface area contributed by atoms with Crippen molar-refractivity contribution in [1.82, 2.24) is 4.98 Å². The Morgan fingerprint density at radius 1 is 1.10 bits per heavy atom. The smallest absolute Gasteiger partial charge is 0.228 e. The van der Waals surface area contributed by atoms with Crippen molar-refractivity contribution in [1.29, 1.82) is 0 Å². The molecule has 5 heteroatoms. The van der Waals surface area contributed by atoms with Crippen LogP contribution in [0.25, 0.3) is 11.1 Å². The first-order chi connectivity index (χ1) is 9.61. The van der Waals surface area contributed by atoms with E-state index in [1.807, 2.05) is 0 Å². The quantitative estimate of drug-likeness (QED) is 0.932. The third-order valence-corrected chi connectivity index (χ3v) is 3.16. The van der Waals surface area contributed by atoms with Crippen molar-refractivity contribution in [3.63, 3.8) is 0 Å². The lowest BCUT2D eigenvalue weighted by Crippen LogP contribution is -2.14. The van der Waals surface area contributed by atoms with Crippen molar-refractivity contribution in [2.45, 2.75) is 12.8 Å². The molecule has 0 saturated heterocycles. The topological polar surface area (TPSA) is 42.0 Å². The van der Waals surface area contributed by atoms with Crippen LogP contribution in [0.4, 0.5) is 14.6 Å². The van der Waals surface area contributed by atoms with Crippen LogP contribution in [-0.2, 0) is 4.79 Å². The first-order valence-electron chi connectivity index (χ1n) is 6.35. The number of rotatable bonds is 3. The Morgan fingerprint density at radius 3 is 2.35 bits per heavy atom. The minimum Gasteiger partial charge on any atom is -0.310 e. The molecule has 1 heterocycles. The van der Waals surface area contributed by atoms with Gasteiger partial charge in [-0.05, 0) is 42.7 Å². The fourth-order valence-electron chi connectivity index (χ4n) is 1.93. The van der Waals surface area contributed by atoms with Gasteiger partial charge in [0.05, 0.1) is 0 Å². The highest BCUT2D eigenvalue weighted by atomic mass is 19.1. The number of amides is 1. The molecule has 1 fully saturated rings. The van der Waals surface area contributed by atoms with Crippen LogP contribution in [-0.4, -0.2) is 10.9 Å². The van der Waals surface area contributed by atoms with Gasteiger partial charge in [0.15, 0.2) is 0 Å². The van der Waals surface area contributed by atoms with Crippen LogP contribution in [0.3, 0.4) is 0 Å². The number of hydrogen-bond acceptors (Lipinski definition) is 2. The number of anilines is 1. The second-order valence-corrected chi connectivity index (χ2v) is 4.85. The Bertz CT molecular complexity index is 631. The molecule has 2 aromatic rings. The molecule has 1 amide bonds. The van der Waals surface area contributed by atoms with Crippen LogP contribution in [0, 0.1) is 17.6 Å². The molecular formula is C15H12F2N2O. The van der Waals surface area contributed by atoms with Crippen LogP contribution < -0.4 is 5.32 Å². The molecule has 1 N–H and O–H groups in total. The van der Waals surface area contributed by atoms with Crippen LogP contribution >= 0.6 is 0 Å². The van der Waals surface area contributed by atoms with E-state index in [9.17, 15) is 13.6 Å². The number of pyridine rings is 1. The lowest BCUT2D eigenvalue weighted by Gasteiger charge is -2.05. The Kier molecular flexibility index (Phi) is 3.18. The molecule has 0 atom stereocenters. The molecular weight excluding hydrogens is 262 g/mol. The highest BCUT2D eigenvalue weighted by molar-refractivity contribution is 5.93. The first kappa shape index (κ1) is 12.7. The lowest BCUT2D eigenvalue weighted by atomic mass is 10.1. The summed E-state index contributed by atoms with van der Waals surface area (Å²) in [6, 6.07) is 6.59. The number of benzene rings is 1. The summed E-state index contributed by atoms with van der Waals surface area (Å²) in [5.74, 6) is -0.740. The van der Waals surface area contributed by atoms with Gasteiger partial charge in [0.1, 0.15) is 17.5 Å². The molecule has 1 aliphatic carbocycles. The van der Waals surface area contributed by atoms with E-state index >= 15 is 0 Å². The van der Waals surface area contributed by atoms with Gasteiger partial charge in [0.25, 0.3) is 0 Å². The van der Waals surface area contributed by atoms with Crippen molar-refractivity contribution in [2.24, 2.45) is 5.92 Å². The number of nitrogens with zero attached hydrogens (tertiary/aromatic N) is 1. The summed E-state index contributed by atoms with van der Waals surface area (Å²) in [6.45, 7) is 0. The highest BCUT2D eigenvalue weighted by Gasteiger charge is 2.29. The Balaban J connectivity index is 1.79. The normalized spacial score (nSPS) is 14.1. The number of hydrogen-bond donors (Lipinski definition) is 1. The molecule has 0 aliphatic heterocycles. The van der Waals surface area contributed by atoms with Crippen molar-refractivity contribution >= 4 is 11.7 Å². The van der Waals surface area contributed by atoms with Crippen LogP contribution in [0.5, 0.6) is 0 Å². The molecule has 1 aromatic heterocycles. The maximum absolute atomic E-state index is 13.1. The molecule has 102 valence electrons. The molecule has 20 heavy (non-hydrogen) atoms. The Morgan fingerprint density at radius 2 is 1.80 bits per heavy atom. The molecule has 1 saturated carbocycles. The van der Waals surface area contributed by atoms with E-state index in [0.717, 1.165) is 18.9 Å². The fourth-order valence-corrected chi connectivity index (χ4v) is 1.93. The maximum atomic E-state index is 13.1. The molecule has 0 bridgehead atoms. The van der Waals surface area contributed by atoms with Crippen LogP contribution in [0.15, 0.2) is 36.5 Å². The third kappa shape index (κ3) is 2.82. The van der Waals surface area contributed by atoms with Gasteiger partial charge in [-0.25, -0.2) is 13.8 Å². The zero-order chi connectivity index (χ0) is 14.1. The molecule has 1 aromatic carbocycles. The predicted octanol–water partition coefficient (Wildman–Crippen LogP) is 3.38. The van der Waals surface area contributed by atoms with Gasteiger partial charge in [0.2, 0.25) is 5.91 Å². The number of halogens is 2. The van der Waals surface area contributed by atoms with E-state index in [-0.39, 0.29) is 11.8 Å². The molecule has 1 aliphatic rings. The van der Waals surface area contributed by atoms with E-state index in [1.165, 1.54) is 18.3 Å². The van der Waals surface area contributed by atoms with Crippen LogP contribution in [0.1, 0.15) is 12.8 Å². The summed E-state index contributed by atoms with van der Waals surface area (Å²) in [5.41, 5.74) is 1.00. The van der Waals surface area contributed by atoms with Gasteiger partial charge in [0, 0.05) is 23.7 Å². The van der Waals surface area contributed by atoms with E-state index in [0.29, 0.717) is 16.9 Å². The van der Waals surface area contributed by atoms with Crippen molar-refractivity contribution in [3.8, 4) is 11.1 Å². The summed E-state index contributed by atoms with van der Waals surface area (Å²) in [6.07, 6.45) is 3.33. The average molecular weight is 274 g/mol. The molecule has 3 rings (SSSR count). The first-order valence-corrected chi connectivity index (χ1v) is 6.35. The largest absolute Gasteiger partial charge is 0.310 e. The van der Waals surface area contributed by atoms with Crippen molar-refractivity contribution < 1.29 is 13.6 Å². The van der Waals surface area contributed by atoms with Gasteiger partial charge in [-0.15, -0.1) is 0 Å². The zero-order valence-corrected chi connectivity index (χ0v) is 10.6. The van der Waals surface area contributed by atoms with E-state index < -0.39 is 11.6 Å². The molecule has 0 spiro atoms. The highest BCUT2D eigenvalue weighted by Crippen LogP contribution is 2.30. The summed E-state index contributed by atoms with van der Waals surface area (Å²) in [7, 11) is 0. The third-order valence-electron chi connectivity index (χ3n) is 3.16. The summed E-state index contributed by atoms with van der Waals surface area (Å²) < 4.78 is 26.3. The minimum absolute atomic E-state index is 0.0259. The van der Waals surface area contributed by atoms with E-state index in [1.54, 1.807) is 12.1 Å². The van der Waals surface area contributed by atoms with Gasteiger partial charge in [-0.1, -0.05) is 0 Å². The van der Waals surface area contributed by atoms with Gasteiger partial charge >= 0.3 is 0 Å². The monoisotopic (exact) mass is 274 g/mol.